The molecule has 5 heteroatoms. The second kappa shape index (κ2) is 8.03. The second-order valence-electron chi connectivity index (χ2n) is 6.90. The molecular weight excluding hydrogens is 354 g/mol. The van der Waals surface area contributed by atoms with E-state index in [-0.39, 0.29) is 5.91 Å². The summed E-state index contributed by atoms with van der Waals surface area (Å²) in [6, 6.07) is 18.5. The van der Waals surface area contributed by atoms with Crippen LogP contribution in [-0.4, -0.2) is 46.9 Å². The first-order chi connectivity index (χ1) is 13.2. The third-order valence-corrected chi connectivity index (χ3v) is 5.95. The van der Waals surface area contributed by atoms with Gasteiger partial charge in [0.25, 0.3) is 5.91 Å². The molecule has 0 spiro atoms. The maximum Gasteiger partial charge on any atom is 0.273 e. The molecule has 0 atom stereocenters. The third-order valence-electron chi connectivity index (χ3n) is 5.06. The maximum absolute atomic E-state index is 12.8. The number of nitrogens with zero attached hydrogens (tertiary/aromatic N) is 3. The van der Waals surface area contributed by atoms with E-state index in [0.29, 0.717) is 5.69 Å². The Morgan fingerprint density at radius 3 is 2.44 bits per heavy atom. The average molecular weight is 378 g/mol. The number of hydrogen-bond acceptors (Lipinski definition) is 4. The molecule has 2 aromatic carbocycles. The lowest BCUT2D eigenvalue weighted by molar-refractivity contribution is 0.0623. The fourth-order valence-electron chi connectivity index (χ4n) is 3.38. The Kier molecular flexibility index (Phi) is 5.32. The molecule has 0 aliphatic carbocycles. The van der Waals surface area contributed by atoms with Gasteiger partial charge < -0.3 is 4.90 Å². The summed E-state index contributed by atoms with van der Waals surface area (Å²) < 4.78 is 0. The maximum atomic E-state index is 12.8. The van der Waals surface area contributed by atoms with Gasteiger partial charge in [-0.25, -0.2) is 4.98 Å². The van der Waals surface area contributed by atoms with Crippen molar-refractivity contribution in [3.05, 3.63) is 76.8 Å². The van der Waals surface area contributed by atoms with E-state index in [4.69, 9.17) is 0 Å². The third kappa shape index (κ3) is 4.10. The van der Waals surface area contributed by atoms with Crippen LogP contribution in [0.4, 0.5) is 0 Å². The minimum absolute atomic E-state index is 0.0453. The molecule has 0 N–H and O–H groups in total. The number of hydrogen-bond donors (Lipinski definition) is 0. The van der Waals surface area contributed by atoms with Gasteiger partial charge in [0.15, 0.2) is 0 Å². The van der Waals surface area contributed by atoms with Gasteiger partial charge in [0.2, 0.25) is 0 Å². The van der Waals surface area contributed by atoms with E-state index in [1.54, 1.807) is 0 Å². The van der Waals surface area contributed by atoms with E-state index < -0.39 is 0 Å². The van der Waals surface area contributed by atoms with Crippen molar-refractivity contribution in [1.29, 1.82) is 0 Å². The van der Waals surface area contributed by atoms with Crippen LogP contribution in [0.3, 0.4) is 0 Å². The molecule has 4 nitrogen and oxygen atoms in total. The molecule has 4 rings (SSSR count). The fraction of sp³-hybridized carbons (Fsp3) is 0.273. The number of rotatable bonds is 4. The van der Waals surface area contributed by atoms with Gasteiger partial charge >= 0.3 is 0 Å². The predicted molar refractivity (Wildman–Crippen MR) is 110 cm³/mol. The Morgan fingerprint density at radius 1 is 1.00 bits per heavy atom. The van der Waals surface area contributed by atoms with Crippen molar-refractivity contribution in [1.82, 2.24) is 14.8 Å². The molecule has 1 amide bonds. The van der Waals surface area contributed by atoms with Crippen LogP contribution in [-0.2, 0) is 6.54 Å². The highest BCUT2D eigenvalue weighted by Gasteiger charge is 2.24. The molecule has 1 aromatic heterocycles. The van der Waals surface area contributed by atoms with E-state index in [9.17, 15) is 4.79 Å². The summed E-state index contributed by atoms with van der Waals surface area (Å²) in [7, 11) is 0. The van der Waals surface area contributed by atoms with Gasteiger partial charge in [-0.3, -0.25) is 9.69 Å². The van der Waals surface area contributed by atoms with Crippen LogP contribution in [0.5, 0.6) is 0 Å². The number of piperazine rings is 1. The number of amides is 1. The minimum atomic E-state index is 0.0453. The molecule has 2 heterocycles. The minimum Gasteiger partial charge on any atom is -0.335 e. The molecule has 1 saturated heterocycles. The van der Waals surface area contributed by atoms with E-state index >= 15 is 0 Å². The summed E-state index contributed by atoms with van der Waals surface area (Å²) in [5, 5.41) is 2.78. The number of aromatic nitrogens is 1. The van der Waals surface area contributed by atoms with Gasteiger partial charge in [-0.15, -0.1) is 11.3 Å². The summed E-state index contributed by atoms with van der Waals surface area (Å²) in [5.74, 6) is 0.0453. The van der Waals surface area contributed by atoms with Crippen molar-refractivity contribution >= 4 is 17.2 Å². The average Bonchev–Trinajstić information content (AvgIpc) is 3.21. The zero-order valence-electron chi connectivity index (χ0n) is 15.5. The van der Waals surface area contributed by atoms with Crippen LogP contribution >= 0.6 is 11.3 Å². The number of thiazole rings is 1. The Balaban J connectivity index is 1.36. The van der Waals surface area contributed by atoms with Crippen LogP contribution in [0.2, 0.25) is 0 Å². The number of aryl methyl sites for hydroxylation is 1. The van der Waals surface area contributed by atoms with E-state index in [2.05, 4.69) is 41.1 Å². The van der Waals surface area contributed by atoms with Gasteiger partial charge in [-0.2, -0.15) is 0 Å². The molecule has 0 bridgehead atoms. The predicted octanol–water partition coefficient (Wildman–Crippen LogP) is 4.08. The highest BCUT2D eigenvalue weighted by atomic mass is 32.1. The van der Waals surface area contributed by atoms with Crippen LogP contribution in [0, 0.1) is 6.92 Å². The van der Waals surface area contributed by atoms with Crippen molar-refractivity contribution in [2.24, 2.45) is 0 Å². The molecule has 1 aliphatic heterocycles. The highest BCUT2D eigenvalue weighted by molar-refractivity contribution is 7.13. The molecule has 27 heavy (non-hydrogen) atoms. The smallest absolute Gasteiger partial charge is 0.273 e. The molecule has 3 aromatic rings. The van der Waals surface area contributed by atoms with Crippen molar-refractivity contribution in [2.45, 2.75) is 13.5 Å². The largest absolute Gasteiger partial charge is 0.335 e. The lowest BCUT2D eigenvalue weighted by Crippen LogP contribution is -2.48. The zero-order chi connectivity index (χ0) is 18.6. The number of carbonyl (C=O) groups excluding carboxylic acids is 1. The summed E-state index contributed by atoms with van der Waals surface area (Å²) in [6.45, 7) is 6.41. The van der Waals surface area contributed by atoms with Gasteiger partial charge in [0, 0.05) is 43.7 Å². The van der Waals surface area contributed by atoms with Crippen LogP contribution in [0.15, 0.2) is 60.0 Å². The van der Waals surface area contributed by atoms with Crippen LogP contribution < -0.4 is 0 Å². The standard InChI is InChI=1S/C22H23N3OS/c1-17-7-5-6-10-19(17)15-24-11-13-25(14-12-24)22(26)20-16-27-21(23-20)18-8-3-2-4-9-18/h2-10,16H,11-15H2,1H3. The van der Waals surface area contributed by atoms with Crippen molar-refractivity contribution in [3.63, 3.8) is 0 Å². The lowest BCUT2D eigenvalue weighted by atomic mass is 10.1. The highest BCUT2D eigenvalue weighted by Crippen LogP contribution is 2.24. The first-order valence-corrected chi connectivity index (χ1v) is 10.2. The zero-order valence-corrected chi connectivity index (χ0v) is 16.3. The molecule has 138 valence electrons. The van der Waals surface area contributed by atoms with E-state index in [0.717, 1.165) is 43.3 Å². The fourth-order valence-corrected chi connectivity index (χ4v) is 4.18. The van der Waals surface area contributed by atoms with Gasteiger partial charge in [0.05, 0.1) is 0 Å². The summed E-state index contributed by atoms with van der Waals surface area (Å²) in [4.78, 5) is 21.7. The molecule has 0 radical (unpaired) electrons. The first-order valence-electron chi connectivity index (χ1n) is 9.28. The van der Waals surface area contributed by atoms with E-state index in [1.165, 1.54) is 22.5 Å². The summed E-state index contributed by atoms with van der Waals surface area (Å²) >= 11 is 1.53. The Labute approximate surface area is 164 Å². The molecular formula is C22H23N3OS. The quantitative estimate of drug-likeness (QED) is 0.687. The van der Waals surface area contributed by atoms with Gasteiger partial charge in [0.1, 0.15) is 10.7 Å². The normalized spacial score (nSPS) is 15.1. The SMILES string of the molecule is Cc1ccccc1CN1CCN(C(=O)c2csc(-c3ccccc3)n2)CC1. The Morgan fingerprint density at radius 2 is 1.70 bits per heavy atom. The topological polar surface area (TPSA) is 36.4 Å². The Hall–Kier alpha value is -2.50. The Bertz CT molecular complexity index is 914. The molecule has 0 unspecified atom stereocenters. The van der Waals surface area contributed by atoms with Crippen molar-refractivity contribution in [2.75, 3.05) is 26.2 Å². The summed E-state index contributed by atoms with van der Waals surface area (Å²) in [6.07, 6.45) is 0. The lowest BCUT2D eigenvalue weighted by Gasteiger charge is -2.34. The van der Waals surface area contributed by atoms with Crippen LogP contribution in [0.25, 0.3) is 10.6 Å². The molecule has 1 fully saturated rings. The molecule has 1 aliphatic rings. The number of benzene rings is 2. The second-order valence-corrected chi connectivity index (χ2v) is 7.76. The number of carbonyl (C=O) groups is 1. The van der Waals surface area contributed by atoms with Gasteiger partial charge in [-0.1, -0.05) is 54.6 Å². The van der Waals surface area contributed by atoms with Crippen molar-refractivity contribution < 1.29 is 4.79 Å². The first kappa shape index (κ1) is 17.9. The monoisotopic (exact) mass is 377 g/mol. The van der Waals surface area contributed by atoms with E-state index in [1.807, 2.05) is 40.6 Å². The molecule has 0 saturated carbocycles. The van der Waals surface area contributed by atoms with Crippen LogP contribution in [0.1, 0.15) is 21.6 Å². The van der Waals surface area contributed by atoms with Crippen molar-refractivity contribution in [3.8, 4) is 10.6 Å². The van der Waals surface area contributed by atoms with Gasteiger partial charge in [-0.05, 0) is 18.1 Å². The summed E-state index contributed by atoms with van der Waals surface area (Å²) in [5.41, 5.74) is 4.31.